The second-order valence-electron chi connectivity index (χ2n) is 8.29. The van der Waals surface area contributed by atoms with E-state index in [1.807, 2.05) is 72.8 Å². The van der Waals surface area contributed by atoms with E-state index in [2.05, 4.69) is 32.4 Å². The molecule has 5 rings (SSSR count). The Morgan fingerprint density at radius 2 is 1.91 bits per heavy atom. The largest absolute Gasteiger partial charge is 0.489 e. The Hall–Kier alpha value is -3.92. The quantitative estimate of drug-likeness (QED) is 0.378. The van der Waals surface area contributed by atoms with E-state index in [-0.39, 0.29) is 6.04 Å². The van der Waals surface area contributed by atoms with Gasteiger partial charge in [0.25, 0.3) is 0 Å². The van der Waals surface area contributed by atoms with Crippen LogP contribution in [0.5, 0.6) is 5.75 Å². The topological polar surface area (TPSA) is 79.3 Å². The van der Waals surface area contributed by atoms with Gasteiger partial charge in [-0.3, -0.25) is 0 Å². The van der Waals surface area contributed by atoms with E-state index in [1.54, 1.807) is 6.33 Å². The van der Waals surface area contributed by atoms with Crippen molar-refractivity contribution in [3.63, 3.8) is 0 Å². The van der Waals surface area contributed by atoms with Gasteiger partial charge in [0.05, 0.1) is 5.52 Å². The zero-order valence-corrected chi connectivity index (χ0v) is 18.7. The van der Waals surface area contributed by atoms with Gasteiger partial charge < -0.3 is 20.5 Å². The molecule has 6 heteroatoms. The maximum absolute atomic E-state index is 10.3. The third-order valence-corrected chi connectivity index (χ3v) is 5.84. The molecule has 0 bridgehead atoms. The number of nitrogens with one attached hydrogen (secondary N) is 2. The molecule has 1 aromatic heterocycles. The molecule has 0 amide bonds. The van der Waals surface area contributed by atoms with Crippen LogP contribution in [0.2, 0.25) is 0 Å². The number of hydrogen-bond donors (Lipinski definition) is 3. The number of ether oxygens (including phenoxy) is 1. The second-order valence-corrected chi connectivity index (χ2v) is 8.29. The first-order chi connectivity index (χ1) is 16.7. The van der Waals surface area contributed by atoms with Crippen LogP contribution in [0.3, 0.4) is 0 Å². The highest BCUT2D eigenvalue weighted by molar-refractivity contribution is 5.91. The third-order valence-electron chi connectivity index (χ3n) is 5.84. The van der Waals surface area contributed by atoms with Gasteiger partial charge in [-0.25, -0.2) is 9.97 Å². The Balaban J connectivity index is 1.30. The number of aliphatic hydroxyl groups excluding tert-OH is 1. The van der Waals surface area contributed by atoms with Crippen LogP contribution in [0, 0.1) is 11.8 Å². The van der Waals surface area contributed by atoms with Gasteiger partial charge in [-0.15, -0.1) is 0 Å². The van der Waals surface area contributed by atoms with Gasteiger partial charge in [-0.1, -0.05) is 42.2 Å². The fraction of sp³-hybridized carbons (Fsp3) is 0.214. The first kappa shape index (κ1) is 21.9. The lowest BCUT2D eigenvalue weighted by atomic mass is 10.1. The zero-order valence-electron chi connectivity index (χ0n) is 18.7. The molecule has 0 aliphatic carbocycles. The maximum Gasteiger partial charge on any atom is 0.141 e. The Bertz CT molecular complexity index is 1310. The molecule has 34 heavy (non-hydrogen) atoms. The van der Waals surface area contributed by atoms with Crippen molar-refractivity contribution in [2.24, 2.45) is 0 Å². The summed E-state index contributed by atoms with van der Waals surface area (Å²) in [4.78, 5) is 8.81. The normalized spacial score (nSPS) is 16.0. The van der Waals surface area contributed by atoms with Crippen molar-refractivity contribution in [1.82, 2.24) is 15.3 Å². The van der Waals surface area contributed by atoms with Crippen LogP contribution in [0.4, 0.5) is 11.5 Å². The molecule has 1 aliphatic heterocycles. The lowest BCUT2D eigenvalue weighted by Crippen LogP contribution is -2.33. The number of rotatable bonds is 6. The average Bonchev–Trinajstić information content (AvgIpc) is 3.43. The van der Waals surface area contributed by atoms with Gasteiger partial charge in [0.2, 0.25) is 0 Å². The molecular weight excluding hydrogens is 424 g/mol. The predicted octanol–water partition coefficient (Wildman–Crippen LogP) is 4.42. The maximum atomic E-state index is 10.3. The Morgan fingerprint density at radius 3 is 2.71 bits per heavy atom. The number of anilines is 2. The molecule has 2 unspecified atom stereocenters. The van der Waals surface area contributed by atoms with E-state index >= 15 is 0 Å². The van der Waals surface area contributed by atoms with Crippen molar-refractivity contribution >= 4 is 22.4 Å². The number of nitrogens with zero attached hydrogens (tertiary/aromatic N) is 2. The molecule has 2 atom stereocenters. The Kier molecular flexibility index (Phi) is 6.66. The predicted molar refractivity (Wildman–Crippen MR) is 134 cm³/mol. The SMILES string of the molecule is OC(C#Cc1ccc2ncnc(Nc3ccc(OCc4ccccc4)cc3)c2c1)C1CCCN1. The van der Waals surface area contributed by atoms with Crippen LogP contribution in [0.1, 0.15) is 24.0 Å². The van der Waals surface area contributed by atoms with E-state index < -0.39 is 6.10 Å². The molecule has 4 aromatic rings. The summed E-state index contributed by atoms with van der Waals surface area (Å²) < 4.78 is 5.87. The first-order valence-electron chi connectivity index (χ1n) is 11.5. The lowest BCUT2D eigenvalue weighted by molar-refractivity contribution is 0.190. The van der Waals surface area contributed by atoms with Crippen molar-refractivity contribution in [2.75, 3.05) is 11.9 Å². The van der Waals surface area contributed by atoms with Gasteiger partial charge in [0, 0.05) is 22.7 Å². The van der Waals surface area contributed by atoms with Gasteiger partial charge in [0.1, 0.15) is 30.6 Å². The highest BCUT2D eigenvalue weighted by Crippen LogP contribution is 2.25. The molecule has 1 aliphatic rings. The van der Waals surface area contributed by atoms with Crippen molar-refractivity contribution in [3.05, 3.63) is 90.3 Å². The third kappa shape index (κ3) is 5.34. The van der Waals surface area contributed by atoms with Crippen molar-refractivity contribution < 1.29 is 9.84 Å². The minimum absolute atomic E-state index is 0.0492. The molecule has 0 spiro atoms. The van der Waals surface area contributed by atoms with Crippen molar-refractivity contribution in [3.8, 4) is 17.6 Å². The molecule has 1 saturated heterocycles. The minimum Gasteiger partial charge on any atom is -0.489 e. The summed E-state index contributed by atoms with van der Waals surface area (Å²) in [6, 6.07) is 23.7. The van der Waals surface area contributed by atoms with Crippen LogP contribution in [0.15, 0.2) is 79.1 Å². The van der Waals surface area contributed by atoms with Gasteiger partial charge in [0.15, 0.2) is 0 Å². The molecule has 2 heterocycles. The zero-order chi connectivity index (χ0) is 23.2. The number of aliphatic hydroxyl groups is 1. The van der Waals surface area contributed by atoms with Gasteiger partial charge in [-0.2, -0.15) is 0 Å². The molecule has 170 valence electrons. The summed E-state index contributed by atoms with van der Waals surface area (Å²) in [5, 5.41) is 17.8. The summed E-state index contributed by atoms with van der Waals surface area (Å²) >= 11 is 0. The number of benzene rings is 3. The van der Waals surface area contributed by atoms with E-state index in [0.717, 1.165) is 52.9 Å². The number of fused-ring (bicyclic) bond motifs is 1. The number of hydrogen-bond acceptors (Lipinski definition) is 6. The van der Waals surface area contributed by atoms with Crippen LogP contribution in [-0.2, 0) is 6.61 Å². The highest BCUT2D eigenvalue weighted by Gasteiger charge is 2.20. The van der Waals surface area contributed by atoms with Gasteiger partial charge >= 0.3 is 0 Å². The Morgan fingerprint density at radius 1 is 1.06 bits per heavy atom. The summed E-state index contributed by atoms with van der Waals surface area (Å²) in [6.45, 7) is 1.46. The fourth-order valence-electron chi connectivity index (χ4n) is 3.98. The fourth-order valence-corrected chi connectivity index (χ4v) is 3.98. The molecule has 3 aromatic carbocycles. The monoisotopic (exact) mass is 450 g/mol. The summed E-state index contributed by atoms with van der Waals surface area (Å²) in [5.41, 5.74) is 3.66. The van der Waals surface area contributed by atoms with Crippen LogP contribution in [-0.4, -0.2) is 33.8 Å². The molecule has 6 nitrogen and oxygen atoms in total. The van der Waals surface area contributed by atoms with Crippen LogP contribution >= 0.6 is 0 Å². The van der Waals surface area contributed by atoms with E-state index in [4.69, 9.17) is 4.74 Å². The standard InChI is InChI=1S/C28H26N4O2/c33-27(26-7-4-16-29-26)15-9-20-8-14-25-24(17-20)28(31-19-30-25)32-22-10-12-23(13-11-22)34-18-21-5-2-1-3-6-21/h1-3,5-6,8,10-14,17,19,26-27,29,33H,4,7,16,18H2,(H,30,31,32). The smallest absolute Gasteiger partial charge is 0.141 e. The lowest BCUT2D eigenvalue weighted by Gasteiger charge is -2.12. The summed E-state index contributed by atoms with van der Waals surface area (Å²) in [6.07, 6.45) is 2.89. The molecule has 3 N–H and O–H groups in total. The van der Waals surface area contributed by atoms with Crippen molar-refractivity contribution in [1.29, 1.82) is 0 Å². The minimum atomic E-state index is -0.676. The molecule has 0 saturated carbocycles. The highest BCUT2D eigenvalue weighted by atomic mass is 16.5. The van der Waals surface area contributed by atoms with E-state index in [1.165, 1.54) is 0 Å². The van der Waals surface area contributed by atoms with Crippen molar-refractivity contribution in [2.45, 2.75) is 31.6 Å². The van der Waals surface area contributed by atoms with Crippen LogP contribution in [0.25, 0.3) is 10.9 Å². The van der Waals surface area contributed by atoms with Gasteiger partial charge in [-0.05, 0) is 67.4 Å². The van der Waals surface area contributed by atoms with E-state index in [9.17, 15) is 5.11 Å². The number of aromatic nitrogens is 2. The molecule has 0 radical (unpaired) electrons. The van der Waals surface area contributed by atoms with Crippen LogP contribution < -0.4 is 15.4 Å². The molecule has 1 fully saturated rings. The average molecular weight is 451 g/mol. The first-order valence-corrected chi connectivity index (χ1v) is 11.5. The molecular formula is C28H26N4O2. The Labute approximate surface area is 199 Å². The summed E-state index contributed by atoms with van der Waals surface area (Å²) in [5.74, 6) is 7.57. The van der Waals surface area contributed by atoms with E-state index in [0.29, 0.717) is 12.4 Å². The summed E-state index contributed by atoms with van der Waals surface area (Å²) in [7, 11) is 0. The second kappa shape index (κ2) is 10.3.